The molecule has 1 unspecified atom stereocenters. The summed E-state index contributed by atoms with van der Waals surface area (Å²) in [6, 6.07) is 6.61. The summed E-state index contributed by atoms with van der Waals surface area (Å²) in [5, 5.41) is 5.59. The number of rotatable bonds is 5. The van der Waals surface area contributed by atoms with Crippen LogP contribution in [0.25, 0.3) is 0 Å². The van der Waals surface area contributed by atoms with Gasteiger partial charge in [0, 0.05) is 18.7 Å². The minimum Gasteiger partial charge on any atom is -0.449 e. The molecule has 0 spiro atoms. The van der Waals surface area contributed by atoms with E-state index in [1.807, 2.05) is 0 Å². The van der Waals surface area contributed by atoms with E-state index in [-0.39, 0.29) is 17.9 Å². The van der Waals surface area contributed by atoms with E-state index in [9.17, 15) is 14.4 Å². The van der Waals surface area contributed by atoms with Gasteiger partial charge in [0.25, 0.3) is 5.91 Å². The summed E-state index contributed by atoms with van der Waals surface area (Å²) >= 11 is 0. The van der Waals surface area contributed by atoms with Crippen molar-refractivity contribution in [2.24, 2.45) is 0 Å². The molecular formula is C19H26N2O4. The van der Waals surface area contributed by atoms with Gasteiger partial charge in [-0.2, -0.15) is 0 Å². The maximum atomic E-state index is 12.3. The molecule has 1 aliphatic rings. The highest BCUT2D eigenvalue weighted by Gasteiger charge is 2.22. The van der Waals surface area contributed by atoms with Gasteiger partial charge in [-0.15, -0.1) is 0 Å². The van der Waals surface area contributed by atoms with Gasteiger partial charge in [0.2, 0.25) is 5.91 Å². The Morgan fingerprint density at radius 2 is 1.80 bits per heavy atom. The third-order valence-electron chi connectivity index (χ3n) is 4.27. The Balaban J connectivity index is 1.90. The molecule has 1 atom stereocenters. The quantitative estimate of drug-likeness (QED) is 0.634. The van der Waals surface area contributed by atoms with Crippen LogP contribution >= 0.6 is 0 Å². The van der Waals surface area contributed by atoms with E-state index in [2.05, 4.69) is 10.6 Å². The summed E-state index contributed by atoms with van der Waals surface area (Å²) < 4.78 is 5.27. The lowest BCUT2D eigenvalue weighted by Gasteiger charge is -2.19. The SMILES string of the molecule is CC(=O)Nc1cccc(C(=O)OC(C)C(=O)NC2CCCCCC2)c1. The van der Waals surface area contributed by atoms with Crippen LogP contribution in [0, 0.1) is 0 Å². The molecular weight excluding hydrogens is 320 g/mol. The topological polar surface area (TPSA) is 84.5 Å². The fourth-order valence-electron chi connectivity index (χ4n) is 2.95. The minimum atomic E-state index is -0.861. The number of nitrogens with one attached hydrogen (secondary N) is 2. The Morgan fingerprint density at radius 1 is 1.12 bits per heavy atom. The molecule has 2 rings (SSSR count). The molecule has 1 fully saturated rings. The smallest absolute Gasteiger partial charge is 0.338 e. The molecule has 6 nitrogen and oxygen atoms in total. The Morgan fingerprint density at radius 3 is 2.44 bits per heavy atom. The Kier molecular flexibility index (Phi) is 6.98. The maximum Gasteiger partial charge on any atom is 0.338 e. The molecule has 1 aromatic carbocycles. The van der Waals surface area contributed by atoms with Crippen LogP contribution in [0.2, 0.25) is 0 Å². The van der Waals surface area contributed by atoms with Crippen LogP contribution in [0.1, 0.15) is 62.7 Å². The summed E-state index contributed by atoms with van der Waals surface area (Å²) in [6.45, 7) is 2.96. The fraction of sp³-hybridized carbons (Fsp3) is 0.526. The number of benzene rings is 1. The number of carbonyl (C=O) groups excluding carboxylic acids is 3. The average molecular weight is 346 g/mol. The zero-order valence-corrected chi connectivity index (χ0v) is 14.8. The van der Waals surface area contributed by atoms with Crippen LogP contribution in [0.5, 0.6) is 0 Å². The molecule has 2 amide bonds. The van der Waals surface area contributed by atoms with E-state index in [1.54, 1.807) is 25.1 Å². The van der Waals surface area contributed by atoms with Crippen molar-refractivity contribution in [3.05, 3.63) is 29.8 Å². The summed E-state index contributed by atoms with van der Waals surface area (Å²) in [7, 11) is 0. The molecule has 136 valence electrons. The number of hydrogen-bond donors (Lipinski definition) is 2. The van der Waals surface area contributed by atoms with Gasteiger partial charge in [-0.25, -0.2) is 4.79 Å². The van der Waals surface area contributed by atoms with E-state index >= 15 is 0 Å². The fourth-order valence-corrected chi connectivity index (χ4v) is 2.95. The lowest BCUT2D eigenvalue weighted by atomic mass is 10.1. The van der Waals surface area contributed by atoms with Gasteiger partial charge in [0.05, 0.1) is 5.56 Å². The average Bonchev–Trinajstić information content (AvgIpc) is 2.83. The Bertz CT molecular complexity index is 622. The van der Waals surface area contributed by atoms with Crippen molar-refractivity contribution in [1.82, 2.24) is 5.32 Å². The van der Waals surface area contributed by atoms with Crippen molar-refractivity contribution in [2.75, 3.05) is 5.32 Å². The van der Waals surface area contributed by atoms with E-state index < -0.39 is 12.1 Å². The first-order chi connectivity index (χ1) is 12.0. The molecule has 0 bridgehead atoms. The second-order valence-electron chi connectivity index (χ2n) is 6.51. The predicted octanol–water partition coefficient (Wildman–Crippen LogP) is 3.03. The first-order valence-electron chi connectivity index (χ1n) is 8.84. The molecule has 25 heavy (non-hydrogen) atoms. The number of anilines is 1. The van der Waals surface area contributed by atoms with E-state index in [0.29, 0.717) is 11.3 Å². The standard InChI is InChI=1S/C19H26N2O4/c1-13(18(23)21-16-9-5-3-4-6-10-16)25-19(24)15-8-7-11-17(12-15)20-14(2)22/h7-8,11-13,16H,3-6,9-10H2,1-2H3,(H,20,22)(H,21,23). The Labute approximate surface area is 148 Å². The van der Waals surface area contributed by atoms with Crippen LogP contribution in [0.3, 0.4) is 0 Å². The predicted molar refractivity (Wildman–Crippen MR) is 95.3 cm³/mol. The summed E-state index contributed by atoms with van der Waals surface area (Å²) in [5.41, 5.74) is 0.804. The highest BCUT2D eigenvalue weighted by molar-refractivity contribution is 5.95. The molecule has 0 radical (unpaired) electrons. The number of carbonyl (C=O) groups is 3. The maximum absolute atomic E-state index is 12.3. The zero-order valence-electron chi connectivity index (χ0n) is 14.8. The van der Waals surface area contributed by atoms with E-state index in [4.69, 9.17) is 4.74 Å². The molecule has 6 heteroatoms. The second-order valence-corrected chi connectivity index (χ2v) is 6.51. The molecule has 0 saturated heterocycles. The molecule has 1 aliphatic carbocycles. The molecule has 1 saturated carbocycles. The van der Waals surface area contributed by atoms with Crippen molar-refractivity contribution < 1.29 is 19.1 Å². The van der Waals surface area contributed by atoms with Gasteiger partial charge >= 0.3 is 5.97 Å². The first-order valence-corrected chi connectivity index (χ1v) is 8.84. The second kappa shape index (κ2) is 9.20. The van der Waals surface area contributed by atoms with E-state index in [0.717, 1.165) is 25.7 Å². The number of ether oxygens (including phenoxy) is 1. The van der Waals surface area contributed by atoms with Crippen molar-refractivity contribution >= 4 is 23.5 Å². The van der Waals surface area contributed by atoms with Crippen molar-refractivity contribution in [3.63, 3.8) is 0 Å². The molecule has 0 aromatic heterocycles. The summed E-state index contributed by atoms with van der Waals surface area (Å²) in [6.07, 6.45) is 5.75. The minimum absolute atomic E-state index is 0.166. The monoisotopic (exact) mass is 346 g/mol. The van der Waals surface area contributed by atoms with Gasteiger partial charge in [0.15, 0.2) is 6.10 Å². The lowest BCUT2D eigenvalue weighted by molar-refractivity contribution is -0.129. The van der Waals surface area contributed by atoms with Gasteiger partial charge in [-0.1, -0.05) is 31.7 Å². The highest BCUT2D eigenvalue weighted by atomic mass is 16.5. The van der Waals surface area contributed by atoms with Crippen molar-refractivity contribution in [1.29, 1.82) is 0 Å². The zero-order chi connectivity index (χ0) is 18.2. The van der Waals surface area contributed by atoms with Crippen molar-refractivity contribution in [3.8, 4) is 0 Å². The van der Waals surface area contributed by atoms with Crippen molar-refractivity contribution in [2.45, 2.75) is 64.5 Å². The van der Waals surface area contributed by atoms with Crippen LogP contribution in [-0.4, -0.2) is 29.9 Å². The van der Waals surface area contributed by atoms with Crippen LogP contribution in [0.4, 0.5) is 5.69 Å². The highest BCUT2D eigenvalue weighted by Crippen LogP contribution is 2.17. The largest absolute Gasteiger partial charge is 0.449 e. The van der Waals surface area contributed by atoms with Gasteiger partial charge in [-0.3, -0.25) is 9.59 Å². The number of esters is 1. The first kappa shape index (κ1) is 19.0. The third kappa shape index (κ3) is 6.21. The lowest BCUT2D eigenvalue weighted by Crippen LogP contribution is -2.41. The van der Waals surface area contributed by atoms with Gasteiger partial charge in [0.1, 0.15) is 0 Å². The van der Waals surface area contributed by atoms with E-state index in [1.165, 1.54) is 25.8 Å². The van der Waals surface area contributed by atoms with Crippen LogP contribution in [0.15, 0.2) is 24.3 Å². The molecule has 2 N–H and O–H groups in total. The summed E-state index contributed by atoms with van der Waals surface area (Å²) in [4.78, 5) is 35.6. The molecule has 0 heterocycles. The number of hydrogen-bond acceptors (Lipinski definition) is 4. The summed E-state index contributed by atoms with van der Waals surface area (Å²) in [5.74, 6) is -1.07. The van der Waals surface area contributed by atoms with Gasteiger partial charge < -0.3 is 15.4 Å². The third-order valence-corrected chi connectivity index (χ3v) is 4.27. The molecule has 0 aliphatic heterocycles. The van der Waals surface area contributed by atoms with Gasteiger partial charge in [-0.05, 0) is 38.0 Å². The Hall–Kier alpha value is -2.37. The molecule has 1 aromatic rings. The van der Waals surface area contributed by atoms with Crippen LogP contribution < -0.4 is 10.6 Å². The normalized spacial score (nSPS) is 16.4. The number of amides is 2. The van der Waals surface area contributed by atoms with Crippen LogP contribution in [-0.2, 0) is 14.3 Å².